The molecule has 0 spiro atoms. The van der Waals surface area contributed by atoms with Crippen molar-refractivity contribution < 1.29 is 8.81 Å². The number of furan rings is 1. The average molecular weight is 157 g/mol. The van der Waals surface area contributed by atoms with Crippen molar-refractivity contribution in [2.24, 2.45) is 0 Å². The predicted molar refractivity (Wildman–Crippen MR) is 41.0 cm³/mol. The average Bonchev–Trinajstić information content (AvgIpc) is 2.50. The molecule has 0 fully saturated rings. The van der Waals surface area contributed by atoms with Crippen LogP contribution in [0, 0.1) is 0 Å². The summed E-state index contributed by atoms with van der Waals surface area (Å²) < 4.78 is 16.5. The van der Waals surface area contributed by atoms with E-state index in [1.54, 1.807) is 12.5 Å². The molecule has 1 aromatic heterocycles. The summed E-state index contributed by atoms with van der Waals surface area (Å²) in [6.45, 7) is 1.23. The van der Waals surface area contributed by atoms with E-state index in [1.807, 2.05) is 6.07 Å². The van der Waals surface area contributed by atoms with E-state index in [4.69, 9.17) is 4.42 Å². The third-order valence-corrected chi connectivity index (χ3v) is 1.40. The van der Waals surface area contributed by atoms with Crippen molar-refractivity contribution in [3.63, 3.8) is 0 Å². The second-order valence-electron chi connectivity index (χ2n) is 2.35. The molecule has 0 atom stereocenters. The first-order valence-electron chi connectivity index (χ1n) is 3.71. The Balaban J connectivity index is 2.04. The molecule has 2 nitrogen and oxygen atoms in total. The standard InChI is InChI=1S/C8H12FNO/c9-3-1-4-10-6-8-2-5-11-7-8/h2,5,7,10H,1,3-4,6H2. The Hall–Kier alpha value is -0.830. The maximum Gasteiger partial charge on any atom is 0.0947 e. The van der Waals surface area contributed by atoms with Crippen LogP contribution in [0.5, 0.6) is 0 Å². The van der Waals surface area contributed by atoms with Gasteiger partial charge in [-0.2, -0.15) is 0 Å². The van der Waals surface area contributed by atoms with E-state index in [1.165, 1.54) is 0 Å². The summed E-state index contributed by atoms with van der Waals surface area (Å²) in [7, 11) is 0. The van der Waals surface area contributed by atoms with Crippen LogP contribution >= 0.6 is 0 Å². The zero-order valence-corrected chi connectivity index (χ0v) is 6.35. The lowest BCUT2D eigenvalue weighted by Crippen LogP contribution is -2.14. The maximum atomic E-state index is 11.6. The first-order valence-corrected chi connectivity index (χ1v) is 3.71. The lowest BCUT2D eigenvalue weighted by Gasteiger charge is -1.98. The molecule has 0 aliphatic heterocycles. The van der Waals surface area contributed by atoms with Gasteiger partial charge >= 0.3 is 0 Å². The molecule has 0 aliphatic carbocycles. The number of hydrogen-bond donors (Lipinski definition) is 1. The summed E-state index contributed by atoms with van der Waals surface area (Å²) in [6, 6.07) is 1.89. The van der Waals surface area contributed by atoms with Crippen LogP contribution in [0.2, 0.25) is 0 Å². The first-order chi connectivity index (χ1) is 5.43. The van der Waals surface area contributed by atoms with Crippen molar-refractivity contribution in [3.8, 4) is 0 Å². The number of nitrogens with one attached hydrogen (secondary N) is 1. The summed E-state index contributed by atoms with van der Waals surface area (Å²) in [5.41, 5.74) is 1.10. The molecule has 1 rings (SSSR count). The molecular formula is C8H12FNO. The highest BCUT2D eigenvalue weighted by molar-refractivity contribution is 5.04. The topological polar surface area (TPSA) is 25.2 Å². The van der Waals surface area contributed by atoms with Gasteiger partial charge in [-0.1, -0.05) is 0 Å². The summed E-state index contributed by atoms with van der Waals surface area (Å²) in [4.78, 5) is 0. The summed E-state index contributed by atoms with van der Waals surface area (Å²) in [5, 5.41) is 3.09. The van der Waals surface area contributed by atoms with E-state index in [-0.39, 0.29) is 6.67 Å². The molecule has 0 saturated carbocycles. The second kappa shape index (κ2) is 4.91. The molecule has 0 bridgehead atoms. The van der Waals surface area contributed by atoms with Gasteiger partial charge in [0, 0.05) is 12.1 Å². The Kier molecular flexibility index (Phi) is 3.69. The minimum absolute atomic E-state index is 0.252. The lowest BCUT2D eigenvalue weighted by atomic mass is 10.3. The Morgan fingerprint density at radius 1 is 1.55 bits per heavy atom. The minimum Gasteiger partial charge on any atom is -0.472 e. The Labute approximate surface area is 65.4 Å². The van der Waals surface area contributed by atoms with Crippen molar-refractivity contribution in [2.75, 3.05) is 13.2 Å². The quantitative estimate of drug-likeness (QED) is 0.658. The molecule has 3 heteroatoms. The molecule has 0 unspecified atom stereocenters. The van der Waals surface area contributed by atoms with Crippen molar-refractivity contribution in [1.82, 2.24) is 5.32 Å². The summed E-state index contributed by atoms with van der Waals surface area (Å²) >= 11 is 0. The van der Waals surface area contributed by atoms with Crippen LogP contribution in [-0.2, 0) is 6.54 Å². The molecule has 0 amide bonds. The van der Waals surface area contributed by atoms with E-state index in [9.17, 15) is 4.39 Å². The van der Waals surface area contributed by atoms with E-state index in [0.29, 0.717) is 6.42 Å². The highest BCUT2D eigenvalue weighted by atomic mass is 19.1. The molecule has 0 saturated heterocycles. The van der Waals surface area contributed by atoms with Crippen molar-refractivity contribution >= 4 is 0 Å². The fraction of sp³-hybridized carbons (Fsp3) is 0.500. The van der Waals surface area contributed by atoms with Crippen LogP contribution in [0.25, 0.3) is 0 Å². The zero-order valence-electron chi connectivity index (χ0n) is 6.35. The van der Waals surface area contributed by atoms with Gasteiger partial charge in [-0.25, -0.2) is 0 Å². The first kappa shape index (κ1) is 8.27. The molecule has 1 N–H and O–H groups in total. The van der Waals surface area contributed by atoms with E-state index < -0.39 is 0 Å². The van der Waals surface area contributed by atoms with Crippen LogP contribution in [0.1, 0.15) is 12.0 Å². The highest BCUT2D eigenvalue weighted by Gasteiger charge is 1.91. The van der Waals surface area contributed by atoms with Gasteiger partial charge in [-0.3, -0.25) is 4.39 Å². The highest BCUT2D eigenvalue weighted by Crippen LogP contribution is 1.97. The largest absolute Gasteiger partial charge is 0.472 e. The lowest BCUT2D eigenvalue weighted by molar-refractivity contribution is 0.459. The molecule has 62 valence electrons. The van der Waals surface area contributed by atoms with Gasteiger partial charge in [-0.15, -0.1) is 0 Å². The fourth-order valence-corrected chi connectivity index (χ4v) is 0.818. The van der Waals surface area contributed by atoms with Crippen molar-refractivity contribution in [2.45, 2.75) is 13.0 Å². The zero-order chi connectivity index (χ0) is 7.94. The monoisotopic (exact) mass is 157 g/mol. The maximum absolute atomic E-state index is 11.6. The van der Waals surface area contributed by atoms with Gasteiger partial charge in [0.1, 0.15) is 0 Å². The van der Waals surface area contributed by atoms with Gasteiger partial charge < -0.3 is 9.73 Å². The number of hydrogen-bond acceptors (Lipinski definition) is 2. The fourth-order valence-electron chi connectivity index (χ4n) is 0.818. The number of halogens is 1. The SMILES string of the molecule is FCCCNCc1ccoc1. The van der Waals surface area contributed by atoms with Gasteiger partial charge in [0.15, 0.2) is 0 Å². The summed E-state index contributed by atoms with van der Waals surface area (Å²) in [6.07, 6.45) is 3.90. The smallest absolute Gasteiger partial charge is 0.0947 e. The van der Waals surface area contributed by atoms with Crippen LogP contribution in [0.3, 0.4) is 0 Å². The van der Waals surface area contributed by atoms with Gasteiger partial charge in [0.2, 0.25) is 0 Å². The second-order valence-corrected chi connectivity index (χ2v) is 2.35. The Morgan fingerprint density at radius 2 is 2.45 bits per heavy atom. The normalized spacial score (nSPS) is 10.3. The van der Waals surface area contributed by atoms with Gasteiger partial charge in [0.05, 0.1) is 19.2 Å². The van der Waals surface area contributed by atoms with Crippen molar-refractivity contribution in [3.05, 3.63) is 24.2 Å². The number of rotatable bonds is 5. The molecule has 1 heterocycles. The van der Waals surface area contributed by atoms with E-state index in [2.05, 4.69) is 5.32 Å². The van der Waals surface area contributed by atoms with Crippen LogP contribution in [0.15, 0.2) is 23.0 Å². The van der Waals surface area contributed by atoms with Crippen LogP contribution in [-0.4, -0.2) is 13.2 Å². The molecule has 0 radical (unpaired) electrons. The Bertz CT molecular complexity index is 174. The third kappa shape index (κ3) is 3.18. The van der Waals surface area contributed by atoms with E-state index >= 15 is 0 Å². The van der Waals surface area contributed by atoms with Crippen LogP contribution < -0.4 is 5.32 Å². The predicted octanol–water partition coefficient (Wildman–Crippen LogP) is 1.73. The van der Waals surface area contributed by atoms with Gasteiger partial charge in [0.25, 0.3) is 0 Å². The minimum atomic E-state index is -0.252. The molecule has 11 heavy (non-hydrogen) atoms. The van der Waals surface area contributed by atoms with Crippen LogP contribution in [0.4, 0.5) is 4.39 Å². The Morgan fingerprint density at radius 3 is 3.09 bits per heavy atom. The van der Waals surface area contributed by atoms with Gasteiger partial charge in [-0.05, 0) is 19.0 Å². The van der Waals surface area contributed by atoms with Crippen molar-refractivity contribution in [1.29, 1.82) is 0 Å². The molecule has 1 aromatic rings. The molecule has 0 aliphatic rings. The number of alkyl halides is 1. The molecular weight excluding hydrogens is 145 g/mol. The van der Waals surface area contributed by atoms with E-state index in [0.717, 1.165) is 18.7 Å². The third-order valence-electron chi connectivity index (χ3n) is 1.40. The molecule has 0 aromatic carbocycles. The summed E-state index contributed by atoms with van der Waals surface area (Å²) in [5.74, 6) is 0.